The monoisotopic (exact) mass is 296 g/mol. The highest BCUT2D eigenvalue weighted by Gasteiger charge is 2.20. The zero-order chi connectivity index (χ0) is 15.2. The van der Waals surface area contributed by atoms with Gasteiger partial charge in [-0.15, -0.1) is 0 Å². The molecule has 1 atom stereocenters. The molecule has 1 saturated heterocycles. The Morgan fingerprint density at radius 3 is 2.00 bits per heavy atom. The van der Waals surface area contributed by atoms with E-state index in [2.05, 4.69) is 12.2 Å². The van der Waals surface area contributed by atoms with Gasteiger partial charge in [0.2, 0.25) is 0 Å². The summed E-state index contributed by atoms with van der Waals surface area (Å²) >= 11 is 0. The first-order valence-corrected chi connectivity index (χ1v) is 8.77. The number of aliphatic carboxylic acids is 1. The fraction of sp³-hybridized carbons (Fsp3) is 0.833. The SMILES string of the molecule is O=C(O)CCCCC=CCCCCCCCCCC1CO1. The van der Waals surface area contributed by atoms with E-state index in [1.807, 2.05) is 0 Å². The molecule has 1 unspecified atom stereocenters. The maximum atomic E-state index is 10.3. The molecule has 1 aliphatic heterocycles. The second-order valence-electron chi connectivity index (χ2n) is 6.12. The topological polar surface area (TPSA) is 49.8 Å². The largest absolute Gasteiger partial charge is 0.481 e. The summed E-state index contributed by atoms with van der Waals surface area (Å²) < 4.78 is 5.20. The van der Waals surface area contributed by atoms with Crippen LogP contribution in [-0.4, -0.2) is 23.8 Å². The number of epoxide rings is 1. The van der Waals surface area contributed by atoms with Crippen molar-refractivity contribution in [3.05, 3.63) is 12.2 Å². The standard InChI is InChI=1S/C18H32O3/c19-18(20)15-13-11-9-7-5-3-1-2-4-6-8-10-12-14-17-16-21-17/h5,7,17H,1-4,6,8-16H2,(H,19,20). The predicted octanol–water partition coefficient (Wildman–Crippen LogP) is 5.10. The summed E-state index contributed by atoms with van der Waals surface area (Å²) in [5.74, 6) is -0.681. The molecule has 1 heterocycles. The first-order chi connectivity index (χ1) is 10.3. The smallest absolute Gasteiger partial charge is 0.303 e. The molecule has 1 aliphatic rings. The molecule has 3 heteroatoms. The van der Waals surface area contributed by atoms with Crippen LogP contribution in [0, 0.1) is 0 Å². The van der Waals surface area contributed by atoms with Crippen LogP contribution in [0.2, 0.25) is 0 Å². The minimum Gasteiger partial charge on any atom is -0.481 e. The van der Waals surface area contributed by atoms with Crippen molar-refractivity contribution < 1.29 is 14.6 Å². The van der Waals surface area contributed by atoms with Gasteiger partial charge in [0.1, 0.15) is 0 Å². The second-order valence-corrected chi connectivity index (χ2v) is 6.12. The number of carboxylic acids is 1. The van der Waals surface area contributed by atoms with Crippen LogP contribution in [0.5, 0.6) is 0 Å². The molecule has 0 saturated carbocycles. The Morgan fingerprint density at radius 1 is 0.905 bits per heavy atom. The van der Waals surface area contributed by atoms with E-state index >= 15 is 0 Å². The lowest BCUT2D eigenvalue weighted by Gasteiger charge is -2.00. The summed E-state index contributed by atoms with van der Waals surface area (Å²) in [6.07, 6.45) is 20.1. The maximum absolute atomic E-state index is 10.3. The summed E-state index contributed by atoms with van der Waals surface area (Å²) in [7, 11) is 0. The highest BCUT2D eigenvalue weighted by Crippen LogP contribution is 2.18. The fourth-order valence-corrected chi connectivity index (χ4v) is 2.53. The van der Waals surface area contributed by atoms with Gasteiger partial charge in [-0.05, 0) is 38.5 Å². The van der Waals surface area contributed by atoms with Crippen molar-refractivity contribution in [2.24, 2.45) is 0 Å². The van der Waals surface area contributed by atoms with E-state index in [0.717, 1.165) is 25.9 Å². The molecule has 0 spiro atoms. The predicted molar refractivity (Wildman–Crippen MR) is 86.5 cm³/mol. The van der Waals surface area contributed by atoms with Crippen molar-refractivity contribution in [1.82, 2.24) is 0 Å². The van der Waals surface area contributed by atoms with E-state index in [9.17, 15) is 4.79 Å². The number of rotatable bonds is 15. The molecule has 0 radical (unpaired) electrons. The van der Waals surface area contributed by atoms with Crippen LogP contribution < -0.4 is 0 Å². The van der Waals surface area contributed by atoms with Crippen molar-refractivity contribution >= 4 is 5.97 Å². The lowest BCUT2D eigenvalue weighted by atomic mass is 10.1. The fourth-order valence-electron chi connectivity index (χ4n) is 2.53. The van der Waals surface area contributed by atoms with Crippen LogP contribution in [0.25, 0.3) is 0 Å². The van der Waals surface area contributed by atoms with E-state index < -0.39 is 5.97 Å². The number of hydrogen-bond acceptors (Lipinski definition) is 2. The minimum atomic E-state index is -0.681. The third-order valence-electron chi connectivity index (χ3n) is 3.98. The Hall–Kier alpha value is -0.830. The van der Waals surface area contributed by atoms with Crippen LogP contribution in [0.3, 0.4) is 0 Å². The van der Waals surface area contributed by atoms with Gasteiger partial charge in [-0.1, -0.05) is 50.7 Å². The van der Waals surface area contributed by atoms with E-state index in [0.29, 0.717) is 12.5 Å². The van der Waals surface area contributed by atoms with Crippen LogP contribution in [0.15, 0.2) is 12.2 Å². The highest BCUT2D eigenvalue weighted by atomic mass is 16.6. The third-order valence-corrected chi connectivity index (χ3v) is 3.98. The van der Waals surface area contributed by atoms with Crippen LogP contribution >= 0.6 is 0 Å². The van der Waals surface area contributed by atoms with Gasteiger partial charge in [-0.2, -0.15) is 0 Å². The molecule has 3 nitrogen and oxygen atoms in total. The van der Waals surface area contributed by atoms with Crippen LogP contribution in [-0.2, 0) is 9.53 Å². The molecule has 1 fully saturated rings. The van der Waals surface area contributed by atoms with Crippen molar-refractivity contribution in [3.63, 3.8) is 0 Å². The Kier molecular flexibility index (Phi) is 11.2. The van der Waals surface area contributed by atoms with Crippen LogP contribution in [0.1, 0.15) is 83.5 Å². The van der Waals surface area contributed by atoms with Gasteiger partial charge in [0, 0.05) is 6.42 Å². The number of hydrogen-bond donors (Lipinski definition) is 1. The van der Waals surface area contributed by atoms with E-state index in [-0.39, 0.29) is 0 Å². The van der Waals surface area contributed by atoms with Gasteiger partial charge in [-0.3, -0.25) is 4.79 Å². The lowest BCUT2D eigenvalue weighted by molar-refractivity contribution is -0.137. The Bertz CT molecular complexity index is 282. The zero-order valence-electron chi connectivity index (χ0n) is 13.4. The quantitative estimate of drug-likeness (QED) is 0.260. The highest BCUT2D eigenvalue weighted by molar-refractivity contribution is 5.66. The van der Waals surface area contributed by atoms with Gasteiger partial charge in [0.25, 0.3) is 0 Å². The Balaban J connectivity index is 1.68. The molecule has 0 amide bonds. The van der Waals surface area contributed by atoms with E-state index in [1.165, 1.54) is 57.8 Å². The summed E-state index contributed by atoms with van der Waals surface area (Å²) in [6, 6.07) is 0. The molecule has 21 heavy (non-hydrogen) atoms. The molecular formula is C18H32O3. The normalized spacial score (nSPS) is 17.4. The van der Waals surface area contributed by atoms with Gasteiger partial charge in [0.05, 0.1) is 12.7 Å². The molecule has 0 aromatic carbocycles. The number of ether oxygens (including phenoxy) is 1. The van der Waals surface area contributed by atoms with Gasteiger partial charge >= 0.3 is 5.97 Å². The lowest BCUT2D eigenvalue weighted by Crippen LogP contribution is -1.92. The van der Waals surface area contributed by atoms with Gasteiger partial charge in [0.15, 0.2) is 0 Å². The van der Waals surface area contributed by atoms with E-state index in [1.54, 1.807) is 0 Å². The summed E-state index contributed by atoms with van der Waals surface area (Å²) in [4.78, 5) is 10.3. The van der Waals surface area contributed by atoms with Crippen molar-refractivity contribution in [2.75, 3.05) is 6.61 Å². The Labute approximate surface area is 129 Å². The third kappa shape index (κ3) is 13.9. The molecule has 1 rings (SSSR count). The molecular weight excluding hydrogens is 264 g/mol. The number of carbonyl (C=O) groups is 1. The summed E-state index contributed by atoms with van der Waals surface area (Å²) in [5, 5.41) is 8.51. The van der Waals surface area contributed by atoms with E-state index in [4.69, 9.17) is 9.84 Å². The van der Waals surface area contributed by atoms with Crippen molar-refractivity contribution in [1.29, 1.82) is 0 Å². The zero-order valence-corrected chi connectivity index (χ0v) is 13.4. The van der Waals surface area contributed by atoms with Crippen LogP contribution in [0.4, 0.5) is 0 Å². The molecule has 0 aromatic heterocycles. The second kappa shape index (κ2) is 12.9. The average molecular weight is 296 g/mol. The van der Waals surface area contributed by atoms with Gasteiger partial charge < -0.3 is 9.84 Å². The summed E-state index contributed by atoms with van der Waals surface area (Å²) in [6.45, 7) is 1.01. The maximum Gasteiger partial charge on any atom is 0.303 e. The van der Waals surface area contributed by atoms with Crippen molar-refractivity contribution in [3.8, 4) is 0 Å². The number of carboxylic acid groups (broad SMARTS) is 1. The molecule has 122 valence electrons. The first kappa shape index (κ1) is 18.2. The number of allylic oxidation sites excluding steroid dienone is 2. The average Bonchev–Trinajstić information content (AvgIpc) is 3.27. The Morgan fingerprint density at radius 2 is 1.43 bits per heavy atom. The number of unbranched alkanes of at least 4 members (excludes halogenated alkanes) is 9. The first-order valence-electron chi connectivity index (χ1n) is 8.77. The molecule has 0 aliphatic carbocycles. The van der Waals surface area contributed by atoms with Gasteiger partial charge in [-0.25, -0.2) is 0 Å². The summed E-state index contributed by atoms with van der Waals surface area (Å²) in [5.41, 5.74) is 0. The van der Waals surface area contributed by atoms with Crippen molar-refractivity contribution in [2.45, 2.75) is 89.6 Å². The molecule has 0 aromatic rings. The minimum absolute atomic E-state index is 0.307. The molecule has 0 bridgehead atoms. The molecule has 1 N–H and O–H groups in total.